The first-order valence-electron chi connectivity index (χ1n) is 4.23. The van der Waals surface area contributed by atoms with E-state index in [1.165, 1.54) is 11.8 Å². The summed E-state index contributed by atoms with van der Waals surface area (Å²) in [7, 11) is 0. The van der Waals surface area contributed by atoms with E-state index in [1.54, 1.807) is 17.7 Å². The molecule has 2 rings (SSSR count). The van der Waals surface area contributed by atoms with Crippen molar-refractivity contribution in [2.45, 2.75) is 0 Å². The molecule has 2 aliphatic rings. The fourth-order valence-electron chi connectivity index (χ4n) is 1.14. The fourth-order valence-corrected chi connectivity index (χ4v) is 1.87. The van der Waals surface area contributed by atoms with Gasteiger partial charge in [0, 0.05) is 17.2 Å². The summed E-state index contributed by atoms with van der Waals surface area (Å²) >= 11 is 1.39. The molecule has 0 spiro atoms. The first-order valence-corrected chi connectivity index (χ1v) is 5.11. The number of carbonyl (C=O) groups excluding carboxylic acids is 1. The topological polar surface area (TPSA) is 64.7 Å². The maximum atomic E-state index is 10.6. The number of allylic oxidation sites excluding steroid dienone is 4. The molecule has 0 radical (unpaired) electrons. The van der Waals surface area contributed by atoms with Gasteiger partial charge in [0.1, 0.15) is 10.8 Å². The summed E-state index contributed by atoms with van der Waals surface area (Å²) in [6, 6.07) is 0. The molecule has 2 heterocycles. The van der Waals surface area contributed by atoms with Gasteiger partial charge >= 0.3 is 6.09 Å². The standard InChI is InChI=1S/C10H8N2O2S/c11-10(13)14-8-5-7-3-1-2-4-12-9(7)15-6-8/h1-6H,(H2,11,13). The van der Waals surface area contributed by atoms with Crippen molar-refractivity contribution in [1.29, 1.82) is 0 Å². The molecule has 0 aromatic heterocycles. The first-order chi connectivity index (χ1) is 7.25. The van der Waals surface area contributed by atoms with E-state index < -0.39 is 6.09 Å². The van der Waals surface area contributed by atoms with E-state index in [0.717, 1.165) is 10.6 Å². The van der Waals surface area contributed by atoms with Crippen molar-refractivity contribution in [1.82, 2.24) is 0 Å². The number of fused-ring (bicyclic) bond motifs is 1. The molecule has 5 heteroatoms. The molecule has 0 saturated carbocycles. The quantitative estimate of drug-likeness (QED) is 0.735. The van der Waals surface area contributed by atoms with Crippen molar-refractivity contribution in [3.05, 3.63) is 47.2 Å². The van der Waals surface area contributed by atoms with E-state index in [2.05, 4.69) is 4.99 Å². The number of ether oxygens (including phenoxy) is 1. The lowest BCUT2D eigenvalue weighted by Crippen LogP contribution is -2.13. The summed E-state index contributed by atoms with van der Waals surface area (Å²) in [5.74, 6) is 0.438. The molecule has 0 aromatic rings. The van der Waals surface area contributed by atoms with Crippen LogP contribution in [-0.2, 0) is 4.74 Å². The molecule has 76 valence electrons. The Kier molecular flexibility index (Phi) is 2.73. The molecule has 2 aliphatic heterocycles. The number of hydrogen-bond acceptors (Lipinski definition) is 4. The molecule has 4 nitrogen and oxygen atoms in total. The summed E-state index contributed by atoms with van der Waals surface area (Å²) in [5, 5.41) is 2.57. The number of nitrogens with zero attached hydrogens (tertiary/aromatic N) is 1. The molecule has 0 saturated heterocycles. The predicted octanol–water partition coefficient (Wildman–Crippen LogP) is 2.08. The van der Waals surface area contributed by atoms with Crippen molar-refractivity contribution in [2.24, 2.45) is 10.7 Å². The second kappa shape index (κ2) is 4.18. The number of nitrogens with two attached hydrogens (primary N) is 1. The van der Waals surface area contributed by atoms with Gasteiger partial charge in [0.2, 0.25) is 0 Å². The monoisotopic (exact) mass is 220 g/mol. The summed E-state index contributed by atoms with van der Waals surface area (Å²) in [6.45, 7) is 0. The lowest BCUT2D eigenvalue weighted by atomic mass is 10.2. The SMILES string of the molecule is NC(=O)OC1=CSC2=NC=CC=CC2=C1. The second-order valence-electron chi connectivity index (χ2n) is 2.79. The van der Waals surface area contributed by atoms with Gasteiger partial charge in [-0.3, -0.25) is 0 Å². The van der Waals surface area contributed by atoms with Crippen LogP contribution in [-0.4, -0.2) is 11.1 Å². The third-order valence-corrected chi connectivity index (χ3v) is 2.63. The van der Waals surface area contributed by atoms with E-state index in [-0.39, 0.29) is 0 Å². The van der Waals surface area contributed by atoms with Gasteiger partial charge < -0.3 is 10.5 Å². The average molecular weight is 220 g/mol. The second-order valence-corrected chi connectivity index (χ2v) is 3.65. The highest BCUT2D eigenvalue weighted by atomic mass is 32.2. The molecule has 0 aliphatic carbocycles. The van der Waals surface area contributed by atoms with Gasteiger partial charge in [0.25, 0.3) is 0 Å². The van der Waals surface area contributed by atoms with Gasteiger partial charge in [-0.2, -0.15) is 0 Å². The lowest BCUT2D eigenvalue weighted by Gasteiger charge is -2.11. The molecule has 2 N–H and O–H groups in total. The highest BCUT2D eigenvalue weighted by Gasteiger charge is 2.13. The van der Waals surface area contributed by atoms with Crippen molar-refractivity contribution < 1.29 is 9.53 Å². The number of primary amides is 1. The van der Waals surface area contributed by atoms with Crippen LogP contribution in [0, 0.1) is 0 Å². The number of thioether (sulfide) groups is 1. The van der Waals surface area contributed by atoms with Gasteiger partial charge in [-0.1, -0.05) is 23.9 Å². The molecule has 0 bridgehead atoms. The van der Waals surface area contributed by atoms with E-state index in [9.17, 15) is 4.79 Å². The summed E-state index contributed by atoms with van der Waals surface area (Å²) in [6.07, 6.45) is 8.23. The molecular weight excluding hydrogens is 212 g/mol. The van der Waals surface area contributed by atoms with Crippen LogP contribution in [0.4, 0.5) is 4.79 Å². The Labute approximate surface area is 90.9 Å². The van der Waals surface area contributed by atoms with E-state index in [4.69, 9.17) is 10.5 Å². The van der Waals surface area contributed by atoms with Crippen molar-refractivity contribution in [2.75, 3.05) is 0 Å². The highest BCUT2D eigenvalue weighted by molar-refractivity contribution is 8.17. The summed E-state index contributed by atoms with van der Waals surface area (Å²) < 4.78 is 4.77. The normalized spacial score (nSPS) is 18.3. The van der Waals surface area contributed by atoms with Crippen molar-refractivity contribution in [3.8, 4) is 0 Å². The molecule has 0 atom stereocenters. The van der Waals surface area contributed by atoms with Gasteiger partial charge in [0.15, 0.2) is 0 Å². The van der Waals surface area contributed by atoms with Crippen LogP contribution < -0.4 is 5.73 Å². The number of aliphatic imine (C=N–C) groups is 1. The van der Waals surface area contributed by atoms with Crippen LogP contribution >= 0.6 is 11.8 Å². The van der Waals surface area contributed by atoms with Gasteiger partial charge in [0.05, 0.1) is 0 Å². The Morgan fingerprint density at radius 2 is 2.33 bits per heavy atom. The molecule has 0 aromatic carbocycles. The Hall–Kier alpha value is -1.75. The maximum absolute atomic E-state index is 10.6. The molecule has 15 heavy (non-hydrogen) atoms. The third kappa shape index (κ3) is 2.38. The van der Waals surface area contributed by atoms with Crippen LogP contribution in [0.3, 0.4) is 0 Å². The molecule has 0 unspecified atom stereocenters. The van der Waals surface area contributed by atoms with Crippen LogP contribution in [0.25, 0.3) is 0 Å². The number of amides is 1. The molecule has 0 fully saturated rings. The van der Waals surface area contributed by atoms with Gasteiger partial charge in [-0.05, 0) is 12.2 Å². The number of hydrogen-bond donors (Lipinski definition) is 1. The van der Waals surface area contributed by atoms with Crippen molar-refractivity contribution in [3.63, 3.8) is 0 Å². The number of carbonyl (C=O) groups is 1. The van der Waals surface area contributed by atoms with Gasteiger partial charge in [-0.15, -0.1) is 0 Å². The number of rotatable bonds is 1. The highest BCUT2D eigenvalue weighted by Crippen LogP contribution is 2.26. The Bertz CT molecular complexity index is 444. The van der Waals surface area contributed by atoms with Crippen molar-refractivity contribution >= 4 is 22.9 Å². The third-order valence-electron chi connectivity index (χ3n) is 1.71. The van der Waals surface area contributed by atoms with E-state index >= 15 is 0 Å². The zero-order chi connectivity index (χ0) is 10.7. The minimum atomic E-state index is -0.810. The minimum absolute atomic E-state index is 0.438. The minimum Gasteiger partial charge on any atom is -0.410 e. The predicted molar refractivity (Wildman–Crippen MR) is 60.1 cm³/mol. The van der Waals surface area contributed by atoms with Crippen LogP contribution in [0.15, 0.2) is 52.2 Å². The summed E-state index contributed by atoms with van der Waals surface area (Å²) in [5.41, 5.74) is 5.83. The van der Waals surface area contributed by atoms with Crippen LogP contribution in [0.2, 0.25) is 0 Å². The fraction of sp³-hybridized carbons (Fsp3) is 0. The summed E-state index contributed by atoms with van der Waals surface area (Å²) in [4.78, 5) is 14.8. The largest absolute Gasteiger partial charge is 0.410 e. The first kappa shape index (κ1) is 9.79. The Morgan fingerprint density at radius 3 is 3.13 bits per heavy atom. The molecule has 1 amide bonds. The maximum Gasteiger partial charge on any atom is 0.409 e. The molecular formula is C10H8N2O2S. The Balaban J connectivity index is 2.24. The zero-order valence-corrected chi connectivity index (χ0v) is 8.53. The van der Waals surface area contributed by atoms with Crippen LogP contribution in [0.5, 0.6) is 0 Å². The van der Waals surface area contributed by atoms with Gasteiger partial charge in [-0.25, -0.2) is 9.79 Å². The Morgan fingerprint density at radius 1 is 1.47 bits per heavy atom. The lowest BCUT2D eigenvalue weighted by molar-refractivity contribution is 0.190. The van der Waals surface area contributed by atoms with E-state index in [1.807, 2.05) is 18.2 Å². The van der Waals surface area contributed by atoms with Crippen LogP contribution in [0.1, 0.15) is 0 Å². The van der Waals surface area contributed by atoms with E-state index in [0.29, 0.717) is 5.76 Å². The smallest absolute Gasteiger partial charge is 0.409 e. The zero-order valence-electron chi connectivity index (χ0n) is 7.71. The average Bonchev–Trinajstić information content (AvgIpc) is 2.41.